The maximum Gasteiger partial charge on any atom is 0.254 e. The van der Waals surface area contributed by atoms with Gasteiger partial charge in [-0.05, 0) is 43.7 Å². The third kappa shape index (κ3) is 3.24. The number of benzene rings is 2. The molecule has 1 aliphatic rings. The summed E-state index contributed by atoms with van der Waals surface area (Å²) in [6, 6.07) is 7.94. The highest BCUT2D eigenvalue weighted by Gasteiger charge is 2.28. The quantitative estimate of drug-likeness (QED) is 0.496. The van der Waals surface area contributed by atoms with E-state index in [1.807, 2.05) is 0 Å². The molecular formula is C23H19F2N5O. The van der Waals surface area contributed by atoms with Gasteiger partial charge in [-0.3, -0.25) is 19.4 Å². The summed E-state index contributed by atoms with van der Waals surface area (Å²) < 4.78 is 29.9. The van der Waals surface area contributed by atoms with Crippen molar-refractivity contribution in [2.75, 3.05) is 6.54 Å². The van der Waals surface area contributed by atoms with Crippen LogP contribution in [0.5, 0.6) is 0 Å². The molecule has 31 heavy (non-hydrogen) atoms. The van der Waals surface area contributed by atoms with Crippen molar-refractivity contribution in [2.24, 2.45) is 7.05 Å². The molecule has 0 saturated heterocycles. The van der Waals surface area contributed by atoms with Crippen LogP contribution < -0.4 is 0 Å². The summed E-state index contributed by atoms with van der Waals surface area (Å²) >= 11 is 0. The van der Waals surface area contributed by atoms with Crippen LogP contribution in [0.3, 0.4) is 0 Å². The Kier molecular flexibility index (Phi) is 4.50. The van der Waals surface area contributed by atoms with E-state index >= 15 is 0 Å². The number of carbonyl (C=O) groups is 1. The van der Waals surface area contributed by atoms with Gasteiger partial charge in [0.05, 0.1) is 29.0 Å². The number of fused-ring (bicyclic) bond motifs is 2. The lowest BCUT2D eigenvalue weighted by Gasteiger charge is -2.26. The average Bonchev–Trinajstić information content (AvgIpc) is 3.11. The van der Waals surface area contributed by atoms with Crippen molar-refractivity contribution < 1.29 is 13.6 Å². The van der Waals surface area contributed by atoms with Crippen molar-refractivity contribution in [1.29, 1.82) is 0 Å². The molecule has 4 aromatic rings. The van der Waals surface area contributed by atoms with Gasteiger partial charge in [-0.15, -0.1) is 0 Å². The third-order valence-corrected chi connectivity index (χ3v) is 5.76. The largest absolute Gasteiger partial charge is 0.332 e. The van der Waals surface area contributed by atoms with Gasteiger partial charge in [0, 0.05) is 48.2 Å². The van der Waals surface area contributed by atoms with Crippen molar-refractivity contribution in [1.82, 2.24) is 24.6 Å². The molecule has 156 valence electrons. The van der Waals surface area contributed by atoms with Gasteiger partial charge >= 0.3 is 0 Å². The van der Waals surface area contributed by atoms with Crippen LogP contribution in [0.25, 0.3) is 22.3 Å². The van der Waals surface area contributed by atoms with Gasteiger partial charge in [-0.25, -0.2) is 8.78 Å². The fourth-order valence-electron chi connectivity index (χ4n) is 4.12. The predicted molar refractivity (Wildman–Crippen MR) is 111 cm³/mol. The van der Waals surface area contributed by atoms with Crippen LogP contribution in [-0.2, 0) is 20.0 Å². The number of hydrogen-bond acceptors (Lipinski definition) is 4. The topological polar surface area (TPSA) is 63.9 Å². The summed E-state index contributed by atoms with van der Waals surface area (Å²) in [5.41, 5.74) is 4.71. The molecule has 0 fully saturated rings. The van der Waals surface area contributed by atoms with Crippen molar-refractivity contribution in [3.63, 3.8) is 0 Å². The standard InChI is InChI=1S/C23H19F2N5O/c1-13-17(24)9-15(10-18(13)25)22-16-5-8-30(12-21(16)28-29(22)2)23(31)14-3-4-19-20(11-14)27-7-6-26-19/h3-4,6-7,9-11H,5,8,12H2,1-2H3. The number of rotatable bonds is 2. The minimum Gasteiger partial charge on any atom is -0.332 e. The third-order valence-electron chi connectivity index (χ3n) is 5.76. The molecule has 2 aromatic carbocycles. The van der Waals surface area contributed by atoms with E-state index in [1.165, 1.54) is 19.1 Å². The molecule has 0 aliphatic carbocycles. The van der Waals surface area contributed by atoms with Gasteiger partial charge in [0.2, 0.25) is 0 Å². The lowest BCUT2D eigenvalue weighted by Crippen LogP contribution is -2.36. The van der Waals surface area contributed by atoms with Gasteiger partial charge in [0.15, 0.2) is 0 Å². The van der Waals surface area contributed by atoms with Crippen LogP contribution in [0, 0.1) is 18.6 Å². The van der Waals surface area contributed by atoms with Crippen molar-refractivity contribution in [3.05, 3.63) is 76.7 Å². The van der Waals surface area contributed by atoms with E-state index < -0.39 is 11.6 Å². The molecule has 0 bridgehead atoms. The molecular weight excluding hydrogens is 400 g/mol. The molecule has 5 rings (SSSR count). The van der Waals surface area contributed by atoms with Gasteiger partial charge < -0.3 is 4.90 Å². The second-order valence-electron chi connectivity index (χ2n) is 7.70. The fraction of sp³-hybridized carbons (Fsp3) is 0.217. The molecule has 0 atom stereocenters. The average molecular weight is 419 g/mol. The summed E-state index contributed by atoms with van der Waals surface area (Å²) in [7, 11) is 1.75. The van der Waals surface area contributed by atoms with Crippen molar-refractivity contribution in [2.45, 2.75) is 19.9 Å². The zero-order valence-electron chi connectivity index (χ0n) is 17.1. The van der Waals surface area contributed by atoms with Crippen LogP contribution in [0.4, 0.5) is 8.78 Å². The van der Waals surface area contributed by atoms with Gasteiger partial charge in [-0.2, -0.15) is 5.10 Å². The number of halogens is 2. The molecule has 6 nitrogen and oxygen atoms in total. The zero-order valence-corrected chi connectivity index (χ0v) is 17.1. The monoisotopic (exact) mass is 419 g/mol. The van der Waals surface area contributed by atoms with E-state index in [-0.39, 0.29) is 11.5 Å². The first-order valence-electron chi connectivity index (χ1n) is 9.93. The number of aromatic nitrogens is 4. The number of carbonyl (C=O) groups excluding carboxylic acids is 1. The van der Waals surface area contributed by atoms with Crippen LogP contribution >= 0.6 is 0 Å². The number of hydrogen-bond donors (Lipinski definition) is 0. The van der Waals surface area contributed by atoms with E-state index in [4.69, 9.17) is 0 Å². The number of aryl methyl sites for hydroxylation is 1. The lowest BCUT2D eigenvalue weighted by atomic mass is 9.98. The fourth-order valence-corrected chi connectivity index (χ4v) is 4.12. The molecule has 3 heterocycles. The summed E-state index contributed by atoms with van der Waals surface area (Å²) in [6.07, 6.45) is 3.76. The Hall–Kier alpha value is -3.68. The van der Waals surface area contributed by atoms with Crippen molar-refractivity contribution >= 4 is 16.9 Å². The highest BCUT2D eigenvalue weighted by molar-refractivity contribution is 5.97. The second kappa shape index (κ2) is 7.23. The molecule has 0 unspecified atom stereocenters. The van der Waals surface area contributed by atoms with Gasteiger partial charge in [0.25, 0.3) is 5.91 Å². The Bertz CT molecular complexity index is 1320. The van der Waals surface area contributed by atoms with Crippen molar-refractivity contribution in [3.8, 4) is 11.3 Å². The van der Waals surface area contributed by atoms with E-state index in [1.54, 1.807) is 47.2 Å². The number of amides is 1. The summed E-state index contributed by atoms with van der Waals surface area (Å²) in [5, 5.41) is 4.54. The molecule has 0 radical (unpaired) electrons. The van der Waals surface area contributed by atoms with Crippen LogP contribution in [0.1, 0.15) is 27.2 Å². The molecule has 1 aliphatic heterocycles. The van der Waals surface area contributed by atoms with Gasteiger partial charge in [-0.1, -0.05) is 0 Å². The summed E-state index contributed by atoms with van der Waals surface area (Å²) in [5.74, 6) is -1.29. The normalized spacial score (nSPS) is 13.5. The molecule has 1 amide bonds. The maximum absolute atomic E-state index is 14.1. The Labute approximate surface area is 177 Å². The lowest BCUT2D eigenvalue weighted by molar-refractivity contribution is 0.0732. The molecule has 2 aromatic heterocycles. The molecule has 0 N–H and O–H groups in total. The predicted octanol–water partition coefficient (Wildman–Crippen LogP) is 3.82. The Morgan fingerprint density at radius 3 is 2.48 bits per heavy atom. The van der Waals surface area contributed by atoms with Crippen LogP contribution in [-0.4, -0.2) is 37.1 Å². The van der Waals surface area contributed by atoms with Crippen LogP contribution in [0.2, 0.25) is 0 Å². The SMILES string of the molecule is Cc1c(F)cc(-c2c3c(nn2C)CN(C(=O)c2ccc4nccnc4c2)CC3)cc1F. The minimum absolute atomic E-state index is 0.00312. The Morgan fingerprint density at radius 1 is 1.03 bits per heavy atom. The summed E-state index contributed by atoms with van der Waals surface area (Å²) in [6.45, 7) is 2.23. The Morgan fingerprint density at radius 2 is 1.74 bits per heavy atom. The minimum atomic E-state index is -0.586. The highest BCUT2D eigenvalue weighted by Crippen LogP contribution is 2.32. The zero-order chi connectivity index (χ0) is 21.7. The first kappa shape index (κ1) is 19.3. The second-order valence-corrected chi connectivity index (χ2v) is 7.70. The summed E-state index contributed by atoms with van der Waals surface area (Å²) in [4.78, 5) is 23.3. The smallest absolute Gasteiger partial charge is 0.254 e. The molecule has 8 heteroatoms. The van der Waals surface area contributed by atoms with Gasteiger partial charge in [0.1, 0.15) is 11.6 Å². The Balaban J connectivity index is 1.46. The van der Waals surface area contributed by atoms with Crippen LogP contribution in [0.15, 0.2) is 42.7 Å². The molecule has 0 spiro atoms. The molecule has 0 saturated carbocycles. The van der Waals surface area contributed by atoms with E-state index in [0.717, 1.165) is 16.8 Å². The number of nitrogens with zero attached hydrogens (tertiary/aromatic N) is 5. The van der Waals surface area contributed by atoms with E-state index in [2.05, 4.69) is 15.1 Å². The van der Waals surface area contributed by atoms with E-state index in [9.17, 15) is 13.6 Å². The van der Waals surface area contributed by atoms with E-state index in [0.29, 0.717) is 41.8 Å². The first-order chi connectivity index (χ1) is 14.9. The highest BCUT2D eigenvalue weighted by atomic mass is 19.1. The maximum atomic E-state index is 14.1. The first-order valence-corrected chi connectivity index (χ1v) is 9.93.